The molecule has 0 unspecified atom stereocenters. The Balaban J connectivity index is 2.26. The molecule has 6 heteroatoms. The van der Waals surface area contributed by atoms with E-state index in [1.807, 2.05) is 12.1 Å². The molecular formula is C17H23NO5. The van der Waals surface area contributed by atoms with Crippen molar-refractivity contribution in [3.05, 3.63) is 42.0 Å². The predicted molar refractivity (Wildman–Crippen MR) is 86.2 cm³/mol. The summed E-state index contributed by atoms with van der Waals surface area (Å²) in [5, 5.41) is 2.49. The fourth-order valence-corrected chi connectivity index (χ4v) is 1.55. The summed E-state index contributed by atoms with van der Waals surface area (Å²) in [5.74, 6) is -0.0540. The van der Waals surface area contributed by atoms with Crippen molar-refractivity contribution in [3.63, 3.8) is 0 Å². The molecule has 0 radical (unpaired) electrons. The Morgan fingerprint density at radius 3 is 2.48 bits per heavy atom. The van der Waals surface area contributed by atoms with E-state index in [2.05, 4.69) is 18.8 Å². The van der Waals surface area contributed by atoms with E-state index < -0.39 is 12.1 Å². The molecule has 0 aliphatic rings. The summed E-state index contributed by atoms with van der Waals surface area (Å²) in [6, 6.07) is 7.08. The fraction of sp³-hybridized carbons (Fsp3) is 0.412. The van der Waals surface area contributed by atoms with Gasteiger partial charge in [0.15, 0.2) is 0 Å². The standard InChI is InChI=1S/C17H23NO5/c1-4-10-21-12-14-5-7-15(8-6-14)23-17(20)18-9-11-22-16(19)13(2)3/h5-8H,2,4,9-12H2,1,3H3,(H,18,20). The van der Waals surface area contributed by atoms with Crippen molar-refractivity contribution in [2.45, 2.75) is 26.9 Å². The van der Waals surface area contributed by atoms with Crippen LogP contribution in [0.5, 0.6) is 5.75 Å². The van der Waals surface area contributed by atoms with Crippen molar-refractivity contribution in [2.75, 3.05) is 19.8 Å². The van der Waals surface area contributed by atoms with Gasteiger partial charge in [0.2, 0.25) is 0 Å². The van der Waals surface area contributed by atoms with Crippen LogP contribution in [0, 0.1) is 0 Å². The van der Waals surface area contributed by atoms with Crippen LogP contribution < -0.4 is 10.1 Å². The summed E-state index contributed by atoms with van der Waals surface area (Å²) in [4.78, 5) is 22.7. The maximum atomic E-state index is 11.6. The second-order valence-electron chi connectivity index (χ2n) is 4.93. The number of nitrogens with one attached hydrogen (secondary N) is 1. The highest BCUT2D eigenvalue weighted by Gasteiger charge is 2.06. The lowest BCUT2D eigenvalue weighted by atomic mass is 10.2. The molecule has 0 aliphatic carbocycles. The van der Waals surface area contributed by atoms with Crippen LogP contribution in [0.15, 0.2) is 36.4 Å². The molecule has 1 N–H and O–H groups in total. The molecule has 0 heterocycles. The van der Waals surface area contributed by atoms with E-state index in [4.69, 9.17) is 14.2 Å². The van der Waals surface area contributed by atoms with Gasteiger partial charge < -0.3 is 19.5 Å². The molecule has 0 saturated heterocycles. The number of benzene rings is 1. The molecule has 23 heavy (non-hydrogen) atoms. The number of hydrogen-bond acceptors (Lipinski definition) is 5. The number of carbonyl (C=O) groups is 2. The molecule has 0 atom stereocenters. The number of ether oxygens (including phenoxy) is 3. The first kappa shape index (κ1) is 18.7. The van der Waals surface area contributed by atoms with Gasteiger partial charge in [0, 0.05) is 12.2 Å². The van der Waals surface area contributed by atoms with Gasteiger partial charge in [-0.15, -0.1) is 0 Å². The zero-order valence-electron chi connectivity index (χ0n) is 13.6. The Kier molecular flexibility index (Phi) is 8.46. The largest absolute Gasteiger partial charge is 0.460 e. The summed E-state index contributed by atoms with van der Waals surface area (Å²) in [5.41, 5.74) is 1.33. The SMILES string of the molecule is C=C(C)C(=O)OCCNC(=O)Oc1ccc(COCCC)cc1. The van der Waals surface area contributed by atoms with Gasteiger partial charge in [0.05, 0.1) is 13.2 Å². The van der Waals surface area contributed by atoms with Crippen LogP contribution in [-0.2, 0) is 20.9 Å². The maximum Gasteiger partial charge on any atom is 0.412 e. The van der Waals surface area contributed by atoms with Crippen LogP contribution in [0.4, 0.5) is 4.79 Å². The summed E-state index contributed by atoms with van der Waals surface area (Å²) < 4.78 is 15.4. The third-order valence-corrected chi connectivity index (χ3v) is 2.70. The quantitative estimate of drug-likeness (QED) is 0.430. The summed E-state index contributed by atoms with van der Waals surface area (Å²) in [6.45, 7) is 8.55. The Labute approximate surface area is 136 Å². The fourth-order valence-electron chi connectivity index (χ4n) is 1.55. The van der Waals surface area contributed by atoms with Crippen molar-refractivity contribution in [1.29, 1.82) is 0 Å². The highest BCUT2D eigenvalue weighted by Crippen LogP contribution is 2.13. The van der Waals surface area contributed by atoms with E-state index in [9.17, 15) is 9.59 Å². The van der Waals surface area contributed by atoms with Crippen LogP contribution in [0.1, 0.15) is 25.8 Å². The number of amides is 1. The third-order valence-electron chi connectivity index (χ3n) is 2.70. The minimum atomic E-state index is -0.605. The Morgan fingerprint density at radius 2 is 1.87 bits per heavy atom. The predicted octanol–water partition coefficient (Wildman–Crippen LogP) is 2.82. The molecule has 0 bridgehead atoms. The molecule has 126 valence electrons. The summed E-state index contributed by atoms with van der Waals surface area (Å²) in [7, 11) is 0. The molecule has 1 amide bonds. The summed E-state index contributed by atoms with van der Waals surface area (Å²) >= 11 is 0. The highest BCUT2D eigenvalue weighted by molar-refractivity contribution is 5.86. The topological polar surface area (TPSA) is 73.9 Å². The molecule has 0 fully saturated rings. The lowest BCUT2D eigenvalue weighted by Crippen LogP contribution is -2.30. The Morgan fingerprint density at radius 1 is 1.17 bits per heavy atom. The highest BCUT2D eigenvalue weighted by atomic mass is 16.6. The molecule has 1 rings (SSSR count). The zero-order chi connectivity index (χ0) is 17.1. The molecule has 6 nitrogen and oxygen atoms in total. The minimum absolute atomic E-state index is 0.0640. The van der Waals surface area contributed by atoms with Gasteiger partial charge in [-0.2, -0.15) is 0 Å². The Bertz CT molecular complexity index is 524. The maximum absolute atomic E-state index is 11.6. The first-order chi connectivity index (χ1) is 11.0. The van der Waals surface area contributed by atoms with Crippen LogP contribution in [-0.4, -0.2) is 31.8 Å². The molecule has 0 aliphatic heterocycles. The van der Waals surface area contributed by atoms with Gasteiger partial charge in [-0.25, -0.2) is 9.59 Å². The van der Waals surface area contributed by atoms with E-state index in [-0.39, 0.29) is 13.2 Å². The summed E-state index contributed by atoms with van der Waals surface area (Å²) in [6.07, 6.45) is 0.370. The van der Waals surface area contributed by atoms with Crippen LogP contribution in [0.3, 0.4) is 0 Å². The van der Waals surface area contributed by atoms with Gasteiger partial charge in [-0.3, -0.25) is 0 Å². The normalized spacial score (nSPS) is 10.0. The first-order valence-electron chi connectivity index (χ1n) is 7.48. The van der Waals surface area contributed by atoms with Crippen molar-refractivity contribution >= 4 is 12.1 Å². The zero-order valence-corrected chi connectivity index (χ0v) is 13.6. The molecule has 0 saturated carbocycles. The van der Waals surface area contributed by atoms with E-state index in [1.54, 1.807) is 19.1 Å². The first-order valence-corrected chi connectivity index (χ1v) is 7.48. The van der Waals surface area contributed by atoms with Crippen LogP contribution in [0.2, 0.25) is 0 Å². The molecule has 0 aromatic heterocycles. The van der Waals surface area contributed by atoms with Gasteiger partial charge in [-0.1, -0.05) is 25.6 Å². The smallest absolute Gasteiger partial charge is 0.412 e. The van der Waals surface area contributed by atoms with Crippen LogP contribution in [0.25, 0.3) is 0 Å². The number of carbonyl (C=O) groups excluding carboxylic acids is 2. The average Bonchev–Trinajstić information content (AvgIpc) is 2.53. The molecule has 0 spiro atoms. The van der Waals surface area contributed by atoms with Crippen molar-refractivity contribution in [2.24, 2.45) is 0 Å². The van der Waals surface area contributed by atoms with Crippen molar-refractivity contribution < 1.29 is 23.8 Å². The average molecular weight is 321 g/mol. The van der Waals surface area contributed by atoms with Gasteiger partial charge in [0.25, 0.3) is 0 Å². The minimum Gasteiger partial charge on any atom is -0.460 e. The third kappa shape index (κ3) is 8.01. The van der Waals surface area contributed by atoms with Gasteiger partial charge in [0.1, 0.15) is 12.4 Å². The lowest BCUT2D eigenvalue weighted by molar-refractivity contribution is -0.138. The second kappa shape index (κ2) is 10.4. The van der Waals surface area contributed by atoms with E-state index in [1.165, 1.54) is 0 Å². The van der Waals surface area contributed by atoms with Gasteiger partial charge >= 0.3 is 12.1 Å². The van der Waals surface area contributed by atoms with E-state index in [0.29, 0.717) is 17.9 Å². The van der Waals surface area contributed by atoms with E-state index in [0.717, 1.165) is 18.6 Å². The molecular weight excluding hydrogens is 298 g/mol. The van der Waals surface area contributed by atoms with Crippen molar-refractivity contribution in [3.8, 4) is 5.75 Å². The number of rotatable bonds is 9. The van der Waals surface area contributed by atoms with E-state index >= 15 is 0 Å². The monoisotopic (exact) mass is 321 g/mol. The van der Waals surface area contributed by atoms with Crippen LogP contribution >= 0.6 is 0 Å². The molecule has 1 aromatic rings. The second-order valence-corrected chi connectivity index (χ2v) is 4.93. The van der Waals surface area contributed by atoms with Gasteiger partial charge in [-0.05, 0) is 31.0 Å². The molecule has 1 aromatic carbocycles. The Hall–Kier alpha value is -2.34. The lowest BCUT2D eigenvalue weighted by Gasteiger charge is -2.08. The van der Waals surface area contributed by atoms with Crippen molar-refractivity contribution in [1.82, 2.24) is 5.32 Å². The number of esters is 1. The number of hydrogen-bond donors (Lipinski definition) is 1.